The molecule has 1 N–H and O–H groups in total. The highest BCUT2D eigenvalue weighted by Gasteiger charge is 2.49. The summed E-state index contributed by atoms with van der Waals surface area (Å²) in [5, 5.41) is 0. The van der Waals surface area contributed by atoms with Crippen molar-refractivity contribution >= 4 is 10.0 Å². The van der Waals surface area contributed by atoms with E-state index in [1.54, 1.807) is 0 Å². The summed E-state index contributed by atoms with van der Waals surface area (Å²) in [6.07, 6.45) is -11.3. The van der Waals surface area contributed by atoms with Crippen LogP contribution in [0.25, 0.3) is 0 Å². The molecule has 3 nitrogen and oxygen atoms in total. The van der Waals surface area contributed by atoms with Crippen molar-refractivity contribution in [1.82, 2.24) is 4.72 Å². The van der Waals surface area contributed by atoms with Crippen molar-refractivity contribution < 1.29 is 52.3 Å². The topological polar surface area (TPSA) is 46.2 Å². The van der Waals surface area contributed by atoms with Gasteiger partial charge in [-0.05, 0) is 67.1 Å². The van der Waals surface area contributed by atoms with Crippen LogP contribution in [0.3, 0.4) is 0 Å². The fourth-order valence-electron chi connectivity index (χ4n) is 4.37. The molecule has 0 unspecified atom stereocenters. The Kier molecular flexibility index (Phi) is 6.96. The van der Waals surface area contributed by atoms with Crippen LogP contribution < -0.4 is 4.72 Å². The second kappa shape index (κ2) is 8.95. The summed E-state index contributed by atoms with van der Waals surface area (Å²) in [6, 6.07) is 3.50. The van der Waals surface area contributed by atoms with Crippen LogP contribution in [0.1, 0.15) is 47.9 Å². The summed E-state index contributed by atoms with van der Waals surface area (Å²) >= 11 is 0. The van der Waals surface area contributed by atoms with Crippen molar-refractivity contribution in [3.05, 3.63) is 70.5 Å². The number of rotatable bonds is 4. The van der Waals surface area contributed by atoms with E-state index >= 15 is 0 Å². The lowest BCUT2D eigenvalue weighted by Crippen LogP contribution is -2.47. The number of alkyl halides is 9. The van der Waals surface area contributed by atoms with Crippen LogP contribution in [0, 0.1) is 5.82 Å². The molecular weight excluding hydrogens is 520 g/mol. The number of sulfonamides is 1. The van der Waals surface area contributed by atoms with Gasteiger partial charge in [-0.2, -0.15) is 39.5 Å². The Morgan fingerprint density at radius 2 is 1.34 bits per heavy atom. The summed E-state index contributed by atoms with van der Waals surface area (Å²) in [7, 11) is -5.74. The first-order valence-corrected chi connectivity index (χ1v) is 11.5. The molecule has 2 aromatic carbocycles. The standard InChI is InChI=1S/C21H17F10NO2S/c22-14-5-6-16(20(26,27)28)17(11-14)18(12-1-3-13(4-2-12)19(23,24)25)9-7-15(8-10-18)32-35(33,34)21(29,30)31/h1-6,11,15,32H,7-10H2. The Hall–Kier alpha value is -2.35. The molecule has 1 aliphatic carbocycles. The molecule has 14 heteroatoms. The summed E-state index contributed by atoms with van der Waals surface area (Å²) in [4.78, 5) is 0. The van der Waals surface area contributed by atoms with Gasteiger partial charge in [-0.1, -0.05) is 12.1 Å². The fraction of sp³-hybridized carbons (Fsp3) is 0.429. The molecule has 1 saturated carbocycles. The highest BCUT2D eigenvalue weighted by atomic mass is 32.2. The van der Waals surface area contributed by atoms with Crippen LogP contribution in [-0.2, 0) is 27.8 Å². The van der Waals surface area contributed by atoms with Crippen molar-refractivity contribution in [3.8, 4) is 0 Å². The van der Waals surface area contributed by atoms with E-state index in [4.69, 9.17) is 0 Å². The predicted molar refractivity (Wildman–Crippen MR) is 104 cm³/mol. The highest BCUT2D eigenvalue weighted by Crippen LogP contribution is 2.49. The van der Waals surface area contributed by atoms with Gasteiger partial charge < -0.3 is 0 Å². The lowest BCUT2D eigenvalue weighted by atomic mass is 9.63. The summed E-state index contributed by atoms with van der Waals surface area (Å²) in [5.74, 6) is -1.06. The minimum absolute atomic E-state index is 0.0428. The lowest BCUT2D eigenvalue weighted by molar-refractivity contribution is -0.139. The van der Waals surface area contributed by atoms with E-state index in [9.17, 15) is 52.3 Å². The number of benzene rings is 2. The maximum atomic E-state index is 14.1. The summed E-state index contributed by atoms with van der Waals surface area (Å²) in [5.41, 5.74) is -10.3. The lowest BCUT2D eigenvalue weighted by Gasteiger charge is -2.42. The zero-order chi connectivity index (χ0) is 26.4. The van der Waals surface area contributed by atoms with Gasteiger partial charge in [0.05, 0.1) is 11.1 Å². The van der Waals surface area contributed by atoms with E-state index in [1.807, 2.05) is 0 Å². The second-order valence-corrected chi connectivity index (χ2v) is 9.89. The van der Waals surface area contributed by atoms with Gasteiger partial charge in [0.15, 0.2) is 0 Å². The van der Waals surface area contributed by atoms with Crippen LogP contribution in [-0.4, -0.2) is 20.0 Å². The van der Waals surface area contributed by atoms with Gasteiger partial charge >= 0.3 is 27.9 Å². The van der Waals surface area contributed by atoms with Crippen LogP contribution >= 0.6 is 0 Å². The molecule has 0 atom stereocenters. The monoisotopic (exact) mass is 537 g/mol. The molecule has 0 spiro atoms. The maximum absolute atomic E-state index is 14.1. The molecule has 0 amide bonds. The molecule has 3 rings (SSSR count). The predicted octanol–water partition coefficient (Wildman–Crippen LogP) is 6.53. The van der Waals surface area contributed by atoms with E-state index in [2.05, 4.69) is 0 Å². The smallest absolute Gasteiger partial charge is 0.207 e. The maximum Gasteiger partial charge on any atom is 0.511 e. The van der Waals surface area contributed by atoms with Crippen molar-refractivity contribution in [1.29, 1.82) is 0 Å². The first-order valence-electron chi connectivity index (χ1n) is 10.0. The fourth-order valence-corrected chi connectivity index (χ4v) is 5.17. The van der Waals surface area contributed by atoms with E-state index in [1.165, 1.54) is 4.72 Å². The molecule has 0 heterocycles. The Morgan fingerprint density at radius 3 is 1.80 bits per heavy atom. The molecule has 194 valence electrons. The first kappa shape index (κ1) is 27.2. The number of halogens is 10. The Labute approximate surface area is 193 Å². The van der Waals surface area contributed by atoms with Crippen molar-refractivity contribution in [2.75, 3.05) is 0 Å². The van der Waals surface area contributed by atoms with Crippen molar-refractivity contribution in [2.45, 2.75) is 55.0 Å². The van der Waals surface area contributed by atoms with Gasteiger partial charge in [0, 0.05) is 11.5 Å². The molecule has 1 aliphatic rings. The van der Waals surface area contributed by atoms with Crippen LogP contribution in [0.5, 0.6) is 0 Å². The Morgan fingerprint density at radius 1 is 0.800 bits per heavy atom. The molecule has 0 radical (unpaired) electrons. The van der Waals surface area contributed by atoms with Gasteiger partial charge in [-0.15, -0.1) is 0 Å². The van der Waals surface area contributed by atoms with Crippen molar-refractivity contribution in [2.24, 2.45) is 0 Å². The van der Waals surface area contributed by atoms with Gasteiger partial charge in [0.25, 0.3) is 0 Å². The van der Waals surface area contributed by atoms with Gasteiger partial charge in [-0.25, -0.2) is 17.5 Å². The van der Waals surface area contributed by atoms with Crippen LogP contribution in [0.4, 0.5) is 43.9 Å². The SMILES string of the molecule is O=S(=O)(NC1CCC(c2ccc(C(F)(F)F)cc2)(c2cc(F)ccc2C(F)(F)F)CC1)C(F)(F)F. The molecular formula is C21H17F10NO2S. The summed E-state index contributed by atoms with van der Waals surface area (Å²) in [6.45, 7) is 0. The Bertz CT molecular complexity index is 1160. The third-order valence-corrected chi connectivity index (χ3v) is 7.29. The normalized spacial score (nSPS) is 22.3. The number of hydrogen-bond acceptors (Lipinski definition) is 2. The quantitative estimate of drug-likeness (QED) is 0.451. The van der Waals surface area contributed by atoms with E-state index in [-0.39, 0.29) is 18.4 Å². The van der Waals surface area contributed by atoms with Gasteiger partial charge in [-0.3, -0.25) is 0 Å². The zero-order valence-corrected chi connectivity index (χ0v) is 18.3. The number of hydrogen-bond donors (Lipinski definition) is 1. The molecule has 35 heavy (non-hydrogen) atoms. The van der Waals surface area contributed by atoms with E-state index in [0.29, 0.717) is 30.3 Å². The second-order valence-electron chi connectivity index (χ2n) is 8.19. The Balaban J connectivity index is 2.09. The zero-order valence-electron chi connectivity index (χ0n) is 17.5. The molecule has 1 fully saturated rings. The van der Waals surface area contributed by atoms with E-state index in [0.717, 1.165) is 12.1 Å². The van der Waals surface area contributed by atoms with Crippen molar-refractivity contribution in [3.63, 3.8) is 0 Å². The molecule has 0 aromatic heterocycles. The van der Waals surface area contributed by atoms with Gasteiger partial charge in [0.2, 0.25) is 0 Å². The largest absolute Gasteiger partial charge is 0.511 e. The van der Waals surface area contributed by atoms with Crippen LogP contribution in [0.15, 0.2) is 42.5 Å². The highest BCUT2D eigenvalue weighted by molar-refractivity contribution is 7.90. The average Bonchev–Trinajstić information content (AvgIpc) is 2.72. The first-order chi connectivity index (χ1) is 15.9. The molecule has 0 saturated heterocycles. The van der Waals surface area contributed by atoms with Crippen LogP contribution in [0.2, 0.25) is 0 Å². The minimum atomic E-state index is -5.74. The van der Waals surface area contributed by atoms with E-state index < -0.39 is 74.7 Å². The molecule has 0 aliphatic heterocycles. The average molecular weight is 537 g/mol. The third-order valence-electron chi connectivity index (χ3n) is 6.03. The third kappa shape index (κ3) is 5.57. The summed E-state index contributed by atoms with van der Waals surface area (Å²) < 4.78 is 157. The number of nitrogens with one attached hydrogen (secondary N) is 1. The minimum Gasteiger partial charge on any atom is -0.207 e. The van der Waals surface area contributed by atoms with Gasteiger partial charge in [0.1, 0.15) is 5.82 Å². The molecule has 2 aromatic rings. The molecule has 0 bridgehead atoms.